The number of carbonyl (C=O) groups is 1. The van der Waals surface area contributed by atoms with E-state index in [1.807, 2.05) is 35.5 Å². The van der Waals surface area contributed by atoms with Crippen LogP contribution in [0.25, 0.3) is 0 Å². The number of rotatable bonds is 3. The highest BCUT2D eigenvalue weighted by molar-refractivity contribution is 5.75. The summed E-state index contributed by atoms with van der Waals surface area (Å²) in [6.07, 6.45) is 6.88. The van der Waals surface area contributed by atoms with Crippen molar-refractivity contribution in [3.05, 3.63) is 47.8 Å². The molecular formula is C19H24N4O2. The van der Waals surface area contributed by atoms with Crippen LogP contribution in [0.5, 0.6) is 5.75 Å². The minimum Gasteiger partial charge on any atom is -0.493 e. The lowest BCUT2D eigenvalue weighted by Crippen LogP contribution is -2.48. The standard InChI is InChI=1S/C19H24N4O2/c1-13(16-12-25-18-8-3-2-6-15(16)18)22-19(24)23-9-5-4-7-17(23)14-10-20-21-11-14/h2-3,6,8,10-11,13,16-17H,4-5,7,9,12H2,1H3,(H,20,21)(H,22,24). The van der Waals surface area contributed by atoms with Gasteiger partial charge in [-0.2, -0.15) is 5.10 Å². The van der Waals surface area contributed by atoms with Crippen LogP contribution < -0.4 is 10.1 Å². The van der Waals surface area contributed by atoms with E-state index in [4.69, 9.17) is 4.74 Å². The summed E-state index contributed by atoms with van der Waals surface area (Å²) in [7, 11) is 0. The number of H-pyrrole nitrogens is 1. The second kappa shape index (κ2) is 6.78. The van der Waals surface area contributed by atoms with E-state index in [0.717, 1.165) is 37.1 Å². The first-order chi connectivity index (χ1) is 12.2. The molecule has 1 aromatic carbocycles. The number of likely N-dealkylation sites (tertiary alicyclic amines) is 1. The van der Waals surface area contributed by atoms with Crippen LogP contribution in [0.2, 0.25) is 0 Å². The van der Waals surface area contributed by atoms with Crippen molar-refractivity contribution in [1.29, 1.82) is 0 Å². The van der Waals surface area contributed by atoms with Gasteiger partial charge in [0, 0.05) is 35.8 Å². The topological polar surface area (TPSA) is 70.2 Å². The molecule has 25 heavy (non-hydrogen) atoms. The summed E-state index contributed by atoms with van der Waals surface area (Å²) in [5, 5.41) is 10.1. The second-order valence-corrected chi connectivity index (χ2v) is 6.93. The Labute approximate surface area is 147 Å². The van der Waals surface area contributed by atoms with Crippen LogP contribution in [-0.2, 0) is 0 Å². The third-order valence-electron chi connectivity index (χ3n) is 5.36. The number of piperidine rings is 1. The zero-order valence-corrected chi connectivity index (χ0v) is 14.4. The van der Waals surface area contributed by atoms with Gasteiger partial charge in [-0.1, -0.05) is 18.2 Å². The Morgan fingerprint density at radius 3 is 3.12 bits per heavy atom. The van der Waals surface area contributed by atoms with Gasteiger partial charge >= 0.3 is 6.03 Å². The van der Waals surface area contributed by atoms with Crippen molar-refractivity contribution in [2.24, 2.45) is 0 Å². The minimum absolute atomic E-state index is 0.00258. The Hall–Kier alpha value is -2.50. The SMILES string of the molecule is CC(NC(=O)N1CCCCC1c1cn[nH]c1)C1COc2ccccc21. The van der Waals surface area contributed by atoms with Crippen LogP contribution in [0.3, 0.4) is 0 Å². The van der Waals surface area contributed by atoms with Crippen LogP contribution in [0.15, 0.2) is 36.7 Å². The molecule has 2 amide bonds. The zero-order valence-electron chi connectivity index (χ0n) is 14.4. The molecule has 6 nitrogen and oxygen atoms in total. The number of ether oxygens (including phenoxy) is 1. The lowest BCUT2D eigenvalue weighted by Gasteiger charge is -2.36. The number of nitrogens with zero attached hydrogens (tertiary/aromatic N) is 2. The van der Waals surface area contributed by atoms with Crippen molar-refractivity contribution >= 4 is 6.03 Å². The van der Waals surface area contributed by atoms with Crippen LogP contribution in [0.4, 0.5) is 4.79 Å². The van der Waals surface area contributed by atoms with Crippen molar-refractivity contribution in [1.82, 2.24) is 20.4 Å². The number of urea groups is 1. The molecule has 3 unspecified atom stereocenters. The van der Waals surface area contributed by atoms with E-state index < -0.39 is 0 Å². The Balaban J connectivity index is 1.46. The van der Waals surface area contributed by atoms with Crippen molar-refractivity contribution in [3.8, 4) is 5.75 Å². The van der Waals surface area contributed by atoms with Crippen molar-refractivity contribution in [2.75, 3.05) is 13.2 Å². The number of fused-ring (bicyclic) bond motifs is 1. The molecule has 1 saturated heterocycles. The highest BCUT2D eigenvalue weighted by Crippen LogP contribution is 2.36. The summed E-state index contributed by atoms with van der Waals surface area (Å²) in [4.78, 5) is 14.9. The molecule has 2 N–H and O–H groups in total. The Morgan fingerprint density at radius 1 is 1.40 bits per heavy atom. The van der Waals surface area contributed by atoms with Gasteiger partial charge in [-0.3, -0.25) is 5.10 Å². The zero-order chi connectivity index (χ0) is 17.2. The molecule has 6 heteroatoms. The molecule has 1 aromatic heterocycles. The largest absolute Gasteiger partial charge is 0.493 e. The summed E-state index contributed by atoms with van der Waals surface area (Å²) in [6, 6.07) is 8.20. The molecule has 2 aromatic rings. The van der Waals surface area contributed by atoms with Crippen molar-refractivity contribution < 1.29 is 9.53 Å². The summed E-state index contributed by atoms with van der Waals surface area (Å²) < 4.78 is 5.76. The predicted molar refractivity (Wildman–Crippen MR) is 94.6 cm³/mol. The van der Waals surface area contributed by atoms with Gasteiger partial charge < -0.3 is 15.0 Å². The third kappa shape index (κ3) is 3.08. The molecule has 1 fully saturated rings. The molecule has 0 radical (unpaired) electrons. The van der Waals surface area contributed by atoms with Crippen molar-refractivity contribution in [3.63, 3.8) is 0 Å². The lowest BCUT2D eigenvalue weighted by atomic mass is 9.94. The maximum Gasteiger partial charge on any atom is 0.318 e. The highest BCUT2D eigenvalue weighted by atomic mass is 16.5. The fourth-order valence-corrected chi connectivity index (χ4v) is 3.94. The molecule has 0 saturated carbocycles. The van der Waals surface area contributed by atoms with Gasteiger partial charge in [0.05, 0.1) is 18.8 Å². The van der Waals surface area contributed by atoms with Gasteiger partial charge in [0.2, 0.25) is 0 Å². The maximum absolute atomic E-state index is 12.9. The van der Waals surface area contributed by atoms with E-state index in [-0.39, 0.29) is 24.0 Å². The highest BCUT2D eigenvalue weighted by Gasteiger charge is 2.33. The van der Waals surface area contributed by atoms with Gasteiger partial charge in [-0.05, 0) is 32.3 Å². The monoisotopic (exact) mass is 340 g/mol. The fraction of sp³-hybridized carbons (Fsp3) is 0.474. The number of amides is 2. The number of carbonyl (C=O) groups excluding carboxylic acids is 1. The quantitative estimate of drug-likeness (QED) is 0.901. The van der Waals surface area contributed by atoms with Gasteiger partial charge in [-0.25, -0.2) is 4.79 Å². The van der Waals surface area contributed by atoms with Gasteiger partial charge in [0.1, 0.15) is 5.75 Å². The number of hydrogen-bond acceptors (Lipinski definition) is 3. The molecule has 3 atom stereocenters. The summed E-state index contributed by atoms with van der Waals surface area (Å²) in [5.41, 5.74) is 2.26. The van der Waals surface area contributed by atoms with E-state index in [1.54, 1.807) is 0 Å². The smallest absolute Gasteiger partial charge is 0.318 e. The Bertz CT molecular complexity index is 731. The van der Waals surface area contributed by atoms with Crippen LogP contribution in [0, 0.1) is 0 Å². The van der Waals surface area contributed by atoms with Crippen LogP contribution >= 0.6 is 0 Å². The van der Waals surface area contributed by atoms with Gasteiger partial charge in [-0.15, -0.1) is 0 Å². The number of benzene rings is 1. The van der Waals surface area contributed by atoms with E-state index in [1.165, 1.54) is 5.56 Å². The molecule has 0 aliphatic carbocycles. The average Bonchev–Trinajstić information content (AvgIpc) is 3.31. The van der Waals surface area contributed by atoms with Crippen molar-refractivity contribution in [2.45, 2.75) is 44.2 Å². The Morgan fingerprint density at radius 2 is 2.28 bits per heavy atom. The normalized spacial score (nSPS) is 23.6. The number of para-hydroxylation sites is 1. The maximum atomic E-state index is 12.9. The van der Waals surface area contributed by atoms with E-state index >= 15 is 0 Å². The summed E-state index contributed by atoms with van der Waals surface area (Å²) in [5.74, 6) is 1.13. The van der Waals surface area contributed by atoms with Gasteiger partial charge in [0.25, 0.3) is 0 Å². The van der Waals surface area contributed by atoms with Gasteiger partial charge in [0.15, 0.2) is 0 Å². The lowest BCUT2D eigenvalue weighted by molar-refractivity contribution is 0.147. The molecule has 0 spiro atoms. The Kier molecular flexibility index (Phi) is 4.34. The first-order valence-corrected chi connectivity index (χ1v) is 9.01. The van der Waals surface area contributed by atoms with E-state index in [9.17, 15) is 4.79 Å². The van der Waals surface area contributed by atoms with E-state index in [2.05, 4.69) is 28.5 Å². The summed E-state index contributed by atoms with van der Waals surface area (Å²) >= 11 is 0. The molecule has 4 rings (SSSR count). The number of aromatic nitrogens is 2. The molecule has 132 valence electrons. The third-order valence-corrected chi connectivity index (χ3v) is 5.36. The number of hydrogen-bond donors (Lipinski definition) is 2. The minimum atomic E-state index is 0.00258. The number of aromatic amines is 1. The first-order valence-electron chi connectivity index (χ1n) is 9.01. The predicted octanol–water partition coefficient (Wildman–Crippen LogP) is 3.21. The van der Waals surface area contributed by atoms with E-state index in [0.29, 0.717) is 6.61 Å². The summed E-state index contributed by atoms with van der Waals surface area (Å²) in [6.45, 7) is 3.46. The molecular weight excluding hydrogens is 316 g/mol. The molecule has 2 aliphatic rings. The second-order valence-electron chi connectivity index (χ2n) is 6.93. The molecule has 3 heterocycles. The molecule has 0 bridgehead atoms. The molecule has 2 aliphatic heterocycles. The fourth-order valence-electron chi connectivity index (χ4n) is 3.94. The first kappa shape index (κ1) is 16.0. The number of nitrogens with one attached hydrogen (secondary N) is 2. The van der Waals surface area contributed by atoms with Crippen LogP contribution in [-0.4, -0.2) is 40.3 Å². The van der Waals surface area contributed by atoms with Crippen LogP contribution in [0.1, 0.15) is 49.3 Å². The average molecular weight is 340 g/mol.